The fraction of sp³-hybridized carbons (Fsp3) is 0.333. The van der Waals surface area contributed by atoms with E-state index in [1.807, 2.05) is 19.9 Å². The molecule has 0 saturated carbocycles. The molecular formula is C15H16NO4S-. The predicted molar refractivity (Wildman–Crippen MR) is 78.9 cm³/mol. The van der Waals surface area contributed by atoms with E-state index < -0.39 is 5.97 Å². The van der Waals surface area contributed by atoms with Gasteiger partial charge in [-0.3, -0.25) is 0 Å². The van der Waals surface area contributed by atoms with Crippen molar-refractivity contribution >= 4 is 17.3 Å². The van der Waals surface area contributed by atoms with Crippen molar-refractivity contribution < 1.29 is 19.4 Å². The zero-order valence-corrected chi connectivity index (χ0v) is 13.1. The molecule has 1 aromatic heterocycles. The number of carboxylic acid groups (broad SMARTS) is 1. The molecule has 0 amide bonds. The van der Waals surface area contributed by atoms with E-state index in [-0.39, 0.29) is 11.0 Å². The molecule has 0 aliphatic rings. The molecule has 1 heterocycles. The van der Waals surface area contributed by atoms with E-state index in [4.69, 9.17) is 9.47 Å². The first kappa shape index (κ1) is 15.3. The fourth-order valence-electron chi connectivity index (χ4n) is 1.86. The number of hydrogen-bond acceptors (Lipinski definition) is 6. The number of ether oxygens (including phenoxy) is 2. The minimum absolute atomic E-state index is 0.0385. The molecule has 2 aromatic rings. The summed E-state index contributed by atoms with van der Waals surface area (Å²) in [4.78, 5) is 15.4. The number of aromatic carboxylic acids is 1. The summed E-state index contributed by atoms with van der Waals surface area (Å²) in [6.07, 6.45) is 0.0385. The van der Waals surface area contributed by atoms with Gasteiger partial charge in [-0.2, -0.15) is 0 Å². The van der Waals surface area contributed by atoms with Gasteiger partial charge in [0.1, 0.15) is 5.01 Å². The highest BCUT2D eigenvalue weighted by Crippen LogP contribution is 2.35. The van der Waals surface area contributed by atoms with Gasteiger partial charge in [0.05, 0.1) is 29.8 Å². The molecule has 0 aliphatic carbocycles. The lowest BCUT2D eigenvalue weighted by molar-refractivity contribution is -0.254. The Hall–Kier alpha value is -2.08. The molecular weight excluding hydrogens is 290 g/mol. The average Bonchev–Trinajstić information content (AvgIpc) is 2.81. The second-order valence-electron chi connectivity index (χ2n) is 4.75. The summed E-state index contributed by atoms with van der Waals surface area (Å²) in [6, 6.07) is 5.41. The van der Waals surface area contributed by atoms with Crippen LogP contribution in [0.4, 0.5) is 0 Å². The molecule has 0 fully saturated rings. The number of hydrogen-bond donors (Lipinski definition) is 0. The van der Waals surface area contributed by atoms with Crippen LogP contribution in [0.25, 0.3) is 10.6 Å². The molecule has 0 atom stereocenters. The fourth-order valence-corrected chi connectivity index (χ4v) is 2.76. The van der Waals surface area contributed by atoms with Gasteiger partial charge in [0.2, 0.25) is 0 Å². The molecule has 6 heteroatoms. The summed E-state index contributed by atoms with van der Waals surface area (Å²) in [6.45, 7) is 5.52. The molecule has 0 spiro atoms. The smallest absolute Gasteiger partial charge is 0.161 e. The van der Waals surface area contributed by atoms with Crippen molar-refractivity contribution in [2.45, 2.75) is 26.9 Å². The number of nitrogens with zero attached hydrogens (tertiary/aromatic N) is 1. The lowest BCUT2D eigenvalue weighted by Gasteiger charge is -2.14. The molecule has 0 bridgehead atoms. The van der Waals surface area contributed by atoms with Gasteiger partial charge in [-0.25, -0.2) is 4.98 Å². The Morgan fingerprint density at radius 1 is 1.33 bits per heavy atom. The van der Waals surface area contributed by atoms with Crippen molar-refractivity contribution in [3.63, 3.8) is 0 Å². The number of aryl methyl sites for hydroxylation is 1. The number of carboxylic acids is 1. The van der Waals surface area contributed by atoms with Crippen LogP contribution in [0.3, 0.4) is 0 Å². The van der Waals surface area contributed by atoms with Gasteiger partial charge < -0.3 is 19.4 Å². The topological polar surface area (TPSA) is 71.5 Å². The van der Waals surface area contributed by atoms with Crippen LogP contribution in [0.1, 0.15) is 29.2 Å². The highest BCUT2D eigenvalue weighted by molar-refractivity contribution is 7.17. The number of aromatic nitrogens is 1. The van der Waals surface area contributed by atoms with Gasteiger partial charge in [0.25, 0.3) is 0 Å². The van der Waals surface area contributed by atoms with Crippen LogP contribution < -0.4 is 14.6 Å². The first-order chi connectivity index (χ1) is 9.92. The molecule has 0 aliphatic heterocycles. The van der Waals surface area contributed by atoms with Crippen LogP contribution in [0, 0.1) is 6.92 Å². The third kappa shape index (κ3) is 3.33. The first-order valence-electron chi connectivity index (χ1n) is 6.46. The Morgan fingerprint density at radius 2 is 2.05 bits per heavy atom. The van der Waals surface area contributed by atoms with Crippen LogP contribution in [-0.4, -0.2) is 24.2 Å². The number of rotatable bonds is 5. The second-order valence-corrected chi connectivity index (χ2v) is 5.75. The quantitative estimate of drug-likeness (QED) is 0.847. The van der Waals surface area contributed by atoms with Gasteiger partial charge in [0, 0.05) is 5.56 Å². The Morgan fingerprint density at radius 3 is 2.57 bits per heavy atom. The minimum atomic E-state index is -1.21. The molecule has 0 saturated heterocycles. The highest BCUT2D eigenvalue weighted by Gasteiger charge is 2.13. The maximum Gasteiger partial charge on any atom is 0.161 e. The van der Waals surface area contributed by atoms with Gasteiger partial charge in [-0.15, -0.1) is 11.3 Å². The number of thiazole rings is 1. The number of carbonyl (C=O) groups excluding carboxylic acids is 1. The van der Waals surface area contributed by atoms with Gasteiger partial charge in [0.15, 0.2) is 11.5 Å². The predicted octanol–water partition coefficient (Wildman–Crippen LogP) is 2.28. The van der Waals surface area contributed by atoms with E-state index >= 15 is 0 Å². The van der Waals surface area contributed by atoms with Crippen LogP contribution in [0.15, 0.2) is 18.2 Å². The maximum absolute atomic E-state index is 11.0. The zero-order chi connectivity index (χ0) is 15.6. The van der Waals surface area contributed by atoms with Crippen molar-refractivity contribution in [1.82, 2.24) is 4.98 Å². The van der Waals surface area contributed by atoms with Crippen molar-refractivity contribution in [1.29, 1.82) is 0 Å². The Kier molecular flexibility index (Phi) is 4.47. The molecule has 0 radical (unpaired) electrons. The monoisotopic (exact) mass is 306 g/mol. The summed E-state index contributed by atoms with van der Waals surface area (Å²) in [5, 5.41) is 11.6. The van der Waals surface area contributed by atoms with Crippen molar-refractivity contribution in [2.24, 2.45) is 0 Å². The van der Waals surface area contributed by atoms with Crippen molar-refractivity contribution in [2.75, 3.05) is 7.11 Å². The van der Waals surface area contributed by atoms with Gasteiger partial charge in [-0.1, -0.05) is 0 Å². The number of benzene rings is 1. The Bertz CT molecular complexity index is 664. The highest BCUT2D eigenvalue weighted by atomic mass is 32.1. The zero-order valence-electron chi connectivity index (χ0n) is 12.3. The molecule has 21 heavy (non-hydrogen) atoms. The third-order valence-electron chi connectivity index (χ3n) is 2.76. The lowest BCUT2D eigenvalue weighted by atomic mass is 10.2. The summed E-state index contributed by atoms with van der Waals surface area (Å²) >= 11 is 1.09. The van der Waals surface area contributed by atoms with Gasteiger partial charge >= 0.3 is 0 Å². The Balaban J connectivity index is 2.41. The third-order valence-corrected chi connectivity index (χ3v) is 3.94. The average molecular weight is 306 g/mol. The van der Waals surface area contributed by atoms with E-state index in [0.29, 0.717) is 22.2 Å². The summed E-state index contributed by atoms with van der Waals surface area (Å²) in [5.74, 6) is 0.0247. The van der Waals surface area contributed by atoms with Crippen LogP contribution in [0.2, 0.25) is 0 Å². The van der Waals surface area contributed by atoms with E-state index in [2.05, 4.69) is 4.98 Å². The molecule has 2 rings (SSSR count). The second kappa shape index (κ2) is 6.13. The summed E-state index contributed by atoms with van der Waals surface area (Å²) < 4.78 is 11.0. The van der Waals surface area contributed by atoms with Crippen LogP contribution in [-0.2, 0) is 0 Å². The van der Waals surface area contributed by atoms with Crippen molar-refractivity contribution in [3.05, 3.63) is 28.8 Å². The summed E-state index contributed by atoms with van der Waals surface area (Å²) in [7, 11) is 1.56. The van der Waals surface area contributed by atoms with E-state index in [0.717, 1.165) is 16.9 Å². The van der Waals surface area contributed by atoms with Crippen LogP contribution >= 0.6 is 11.3 Å². The number of methoxy groups -OCH3 is 1. The van der Waals surface area contributed by atoms with E-state index in [9.17, 15) is 9.90 Å². The maximum atomic E-state index is 11.0. The molecule has 1 aromatic carbocycles. The molecule has 112 valence electrons. The van der Waals surface area contributed by atoms with Gasteiger partial charge in [-0.05, 0) is 39.0 Å². The SMILES string of the molecule is COc1cc(-c2nc(C)c(C(=O)[O-])s2)ccc1OC(C)C. The summed E-state index contributed by atoms with van der Waals surface area (Å²) in [5.41, 5.74) is 1.24. The van der Waals surface area contributed by atoms with Crippen LogP contribution in [0.5, 0.6) is 11.5 Å². The normalized spacial score (nSPS) is 10.7. The number of carbonyl (C=O) groups is 1. The standard InChI is InChI=1S/C15H17NO4S/c1-8(2)20-11-6-5-10(7-12(11)19-4)14-16-9(3)13(21-14)15(17)18/h5-8H,1-4H3,(H,17,18)/p-1. The van der Waals surface area contributed by atoms with E-state index in [1.54, 1.807) is 26.2 Å². The lowest BCUT2D eigenvalue weighted by Crippen LogP contribution is -2.21. The van der Waals surface area contributed by atoms with E-state index in [1.165, 1.54) is 0 Å². The molecule has 5 nitrogen and oxygen atoms in total. The Labute approximate surface area is 127 Å². The minimum Gasteiger partial charge on any atom is -0.544 e. The van der Waals surface area contributed by atoms with Crippen molar-refractivity contribution in [3.8, 4) is 22.1 Å². The largest absolute Gasteiger partial charge is 0.544 e. The first-order valence-corrected chi connectivity index (χ1v) is 7.28. The molecule has 0 N–H and O–H groups in total. The molecule has 0 unspecified atom stereocenters.